The normalized spacial score (nSPS) is 20.0. The SMILES string of the molecule is OC(CNCCC1CC1)C(F)F. The Morgan fingerprint density at radius 1 is 1.42 bits per heavy atom. The fraction of sp³-hybridized carbons (Fsp3) is 1.00. The average Bonchev–Trinajstić information content (AvgIpc) is 2.80. The van der Waals surface area contributed by atoms with E-state index in [2.05, 4.69) is 5.32 Å². The molecule has 1 aliphatic carbocycles. The minimum atomic E-state index is -2.63. The van der Waals surface area contributed by atoms with Crippen molar-refractivity contribution in [2.24, 2.45) is 5.92 Å². The van der Waals surface area contributed by atoms with Crippen LogP contribution >= 0.6 is 0 Å². The van der Waals surface area contributed by atoms with Gasteiger partial charge >= 0.3 is 0 Å². The lowest BCUT2D eigenvalue weighted by Gasteiger charge is -2.09. The molecule has 0 amide bonds. The average molecular weight is 179 g/mol. The van der Waals surface area contributed by atoms with Crippen molar-refractivity contribution >= 4 is 0 Å². The molecule has 0 heterocycles. The van der Waals surface area contributed by atoms with Gasteiger partial charge in [0.25, 0.3) is 6.43 Å². The zero-order valence-electron chi connectivity index (χ0n) is 6.97. The molecule has 0 aromatic heterocycles. The van der Waals surface area contributed by atoms with Gasteiger partial charge < -0.3 is 10.4 Å². The smallest absolute Gasteiger partial charge is 0.265 e. The van der Waals surface area contributed by atoms with Crippen LogP contribution in [0.3, 0.4) is 0 Å². The van der Waals surface area contributed by atoms with Crippen molar-refractivity contribution in [3.8, 4) is 0 Å². The van der Waals surface area contributed by atoms with E-state index in [1.54, 1.807) is 0 Å². The van der Waals surface area contributed by atoms with Gasteiger partial charge in [0.05, 0.1) is 0 Å². The minimum Gasteiger partial charge on any atom is -0.386 e. The molecule has 0 aromatic rings. The number of aliphatic hydroxyl groups excluding tert-OH is 1. The molecule has 1 unspecified atom stereocenters. The Bertz CT molecular complexity index is 128. The number of rotatable bonds is 6. The molecule has 72 valence electrons. The largest absolute Gasteiger partial charge is 0.386 e. The quantitative estimate of drug-likeness (QED) is 0.596. The Morgan fingerprint density at radius 2 is 2.08 bits per heavy atom. The third-order valence-electron chi connectivity index (χ3n) is 2.07. The first kappa shape index (κ1) is 9.86. The summed E-state index contributed by atoms with van der Waals surface area (Å²) in [6.07, 6.45) is -0.531. The van der Waals surface area contributed by atoms with Crippen LogP contribution in [0.25, 0.3) is 0 Å². The van der Waals surface area contributed by atoms with E-state index in [-0.39, 0.29) is 6.54 Å². The van der Waals surface area contributed by atoms with Crippen LogP contribution < -0.4 is 5.32 Å². The number of halogens is 2. The molecule has 0 saturated heterocycles. The second-order valence-corrected chi connectivity index (χ2v) is 3.34. The van der Waals surface area contributed by atoms with Gasteiger partial charge in [0.1, 0.15) is 6.10 Å². The highest BCUT2D eigenvalue weighted by Crippen LogP contribution is 2.31. The summed E-state index contributed by atoms with van der Waals surface area (Å²) in [5, 5.41) is 11.5. The lowest BCUT2D eigenvalue weighted by molar-refractivity contribution is -0.00319. The molecular weight excluding hydrogens is 164 g/mol. The van der Waals surface area contributed by atoms with Crippen molar-refractivity contribution in [2.75, 3.05) is 13.1 Å². The van der Waals surface area contributed by atoms with E-state index in [0.717, 1.165) is 18.9 Å². The van der Waals surface area contributed by atoms with Crippen LogP contribution in [0, 0.1) is 5.92 Å². The van der Waals surface area contributed by atoms with Crippen LogP contribution in [0.1, 0.15) is 19.3 Å². The number of hydrogen-bond donors (Lipinski definition) is 2. The van der Waals surface area contributed by atoms with Crippen molar-refractivity contribution in [3.05, 3.63) is 0 Å². The molecule has 2 N–H and O–H groups in total. The predicted molar refractivity (Wildman–Crippen MR) is 42.2 cm³/mol. The van der Waals surface area contributed by atoms with E-state index in [9.17, 15) is 8.78 Å². The van der Waals surface area contributed by atoms with E-state index in [0.29, 0.717) is 0 Å². The van der Waals surface area contributed by atoms with Crippen LogP contribution in [0.4, 0.5) is 8.78 Å². The first-order valence-electron chi connectivity index (χ1n) is 4.37. The van der Waals surface area contributed by atoms with Gasteiger partial charge in [-0.2, -0.15) is 0 Å². The number of alkyl halides is 2. The molecule has 1 fully saturated rings. The van der Waals surface area contributed by atoms with Crippen LogP contribution in [-0.2, 0) is 0 Å². The Balaban J connectivity index is 1.86. The minimum absolute atomic E-state index is 0.00435. The third-order valence-corrected chi connectivity index (χ3v) is 2.07. The predicted octanol–water partition coefficient (Wildman–Crippen LogP) is 1.00. The van der Waals surface area contributed by atoms with Crippen LogP contribution in [0.15, 0.2) is 0 Å². The third kappa shape index (κ3) is 3.97. The fourth-order valence-corrected chi connectivity index (χ4v) is 1.05. The van der Waals surface area contributed by atoms with Gasteiger partial charge in [0.2, 0.25) is 0 Å². The Hall–Kier alpha value is -0.220. The van der Waals surface area contributed by atoms with Crippen molar-refractivity contribution in [1.29, 1.82) is 0 Å². The lowest BCUT2D eigenvalue weighted by atomic mass is 10.3. The first-order valence-corrected chi connectivity index (χ1v) is 4.37. The summed E-state index contributed by atoms with van der Waals surface area (Å²) in [6, 6.07) is 0. The Labute approximate surface area is 71.0 Å². The molecule has 0 aromatic carbocycles. The van der Waals surface area contributed by atoms with Gasteiger partial charge in [0.15, 0.2) is 0 Å². The molecule has 1 atom stereocenters. The maximum Gasteiger partial charge on any atom is 0.265 e. The summed E-state index contributed by atoms with van der Waals surface area (Å²) in [7, 11) is 0. The van der Waals surface area contributed by atoms with Crippen molar-refractivity contribution in [1.82, 2.24) is 5.32 Å². The molecular formula is C8H15F2NO. The fourth-order valence-electron chi connectivity index (χ4n) is 1.05. The van der Waals surface area contributed by atoms with E-state index in [1.165, 1.54) is 12.8 Å². The summed E-state index contributed by atoms with van der Waals surface area (Å²) >= 11 is 0. The highest BCUT2D eigenvalue weighted by atomic mass is 19.3. The second-order valence-electron chi connectivity index (χ2n) is 3.34. The van der Waals surface area contributed by atoms with Gasteiger partial charge in [-0.3, -0.25) is 0 Å². The molecule has 1 saturated carbocycles. The van der Waals surface area contributed by atoms with E-state index in [1.807, 2.05) is 0 Å². The Morgan fingerprint density at radius 3 is 2.58 bits per heavy atom. The zero-order valence-corrected chi connectivity index (χ0v) is 6.97. The summed E-state index contributed by atoms with van der Waals surface area (Å²) < 4.78 is 23.5. The van der Waals surface area contributed by atoms with Crippen molar-refractivity contribution in [2.45, 2.75) is 31.8 Å². The highest BCUT2D eigenvalue weighted by Gasteiger charge is 2.21. The number of nitrogens with one attached hydrogen (secondary N) is 1. The van der Waals surface area contributed by atoms with Crippen LogP contribution in [0.2, 0.25) is 0 Å². The second kappa shape index (κ2) is 4.72. The van der Waals surface area contributed by atoms with Crippen LogP contribution in [0.5, 0.6) is 0 Å². The molecule has 1 aliphatic rings. The molecule has 12 heavy (non-hydrogen) atoms. The standard InChI is InChI=1S/C8H15F2NO/c9-8(10)7(12)5-11-4-3-6-1-2-6/h6-8,11-12H,1-5H2. The van der Waals surface area contributed by atoms with E-state index in [4.69, 9.17) is 5.11 Å². The number of aliphatic hydroxyl groups is 1. The molecule has 0 radical (unpaired) electrons. The highest BCUT2D eigenvalue weighted by molar-refractivity contribution is 4.74. The van der Waals surface area contributed by atoms with Gasteiger partial charge in [-0.05, 0) is 18.9 Å². The lowest BCUT2D eigenvalue weighted by Crippen LogP contribution is -2.32. The molecule has 1 rings (SSSR count). The monoisotopic (exact) mass is 179 g/mol. The van der Waals surface area contributed by atoms with Crippen LogP contribution in [-0.4, -0.2) is 30.7 Å². The van der Waals surface area contributed by atoms with Gasteiger partial charge in [-0.25, -0.2) is 8.78 Å². The van der Waals surface area contributed by atoms with Crippen molar-refractivity contribution < 1.29 is 13.9 Å². The van der Waals surface area contributed by atoms with E-state index < -0.39 is 12.5 Å². The maximum absolute atomic E-state index is 11.7. The topological polar surface area (TPSA) is 32.3 Å². The summed E-state index contributed by atoms with van der Waals surface area (Å²) in [6.45, 7) is 0.749. The van der Waals surface area contributed by atoms with Gasteiger partial charge in [-0.1, -0.05) is 12.8 Å². The molecule has 0 bridgehead atoms. The van der Waals surface area contributed by atoms with E-state index >= 15 is 0 Å². The van der Waals surface area contributed by atoms with Crippen molar-refractivity contribution in [3.63, 3.8) is 0 Å². The zero-order chi connectivity index (χ0) is 8.97. The summed E-state index contributed by atoms with van der Waals surface area (Å²) in [5.74, 6) is 0.807. The van der Waals surface area contributed by atoms with Gasteiger partial charge in [0, 0.05) is 6.54 Å². The summed E-state index contributed by atoms with van der Waals surface area (Å²) in [4.78, 5) is 0. The number of hydrogen-bond acceptors (Lipinski definition) is 2. The molecule has 2 nitrogen and oxygen atoms in total. The summed E-state index contributed by atoms with van der Waals surface area (Å²) in [5.41, 5.74) is 0. The maximum atomic E-state index is 11.7. The molecule has 4 heteroatoms. The van der Waals surface area contributed by atoms with Gasteiger partial charge in [-0.15, -0.1) is 0 Å². The molecule has 0 spiro atoms. The first-order chi connectivity index (χ1) is 5.70. The Kier molecular flexibility index (Phi) is 3.88. The molecule has 0 aliphatic heterocycles.